The van der Waals surface area contributed by atoms with Crippen molar-refractivity contribution in [1.29, 1.82) is 0 Å². The van der Waals surface area contributed by atoms with Crippen LogP contribution in [0.1, 0.15) is 16.1 Å². The molecule has 148 valence electrons. The number of hydrogen-bond donors (Lipinski definition) is 1. The number of rotatable bonds is 6. The highest BCUT2D eigenvalue weighted by molar-refractivity contribution is 5.98. The zero-order valence-corrected chi connectivity index (χ0v) is 15.7. The lowest BCUT2D eigenvalue weighted by atomic mass is 10.2. The lowest BCUT2D eigenvalue weighted by molar-refractivity contribution is -0.116. The van der Waals surface area contributed by atoms with Gasteiger partial charge in [-0.25, -0.2) is 9.07 Å². The molecule has 3 aromatic rings. The number of benzene rings is 2. The standard InChI is InChI=1S/C21H19FN4O3/c1-25(14-19(27)23-17-9-5-8-16(22)12-17)21(29)18-10-11-20(28)26(24-18)13-15-6-3-2-4-7-15/h2-12H,13-14H2,1H3,(H,23,27). The molecular weight excluding hydrogens is 375 g/mol. The van der Waals surface area contributed by atoms with Crippen LogP contribution in [0, 0.1) is 5.82 Å². The number of amides is 2. The first-order chi connectivity index (χ1) is 13.9. The number of nitrogens with zero attached hydrogens (tertiary/aromatic N) is 3. The number of carbonyl (C=O) groups is 2. The molecule has 0 unspecified atom stereocenters. The quantitative estimate of drug-likeness (QED) is 0.694. The minimum absolute atomic E-state index is 0.0431. The Morgan fingerprint density at radius 3 is 2.55 bits per heavy atom. The normalized spacial score (nSPS) is 10.4. The number of halogens is 1. The molecule has 0 aliphatic rings. The monoisotopic (exact) mass is 394 g/mol. The summed E-state index contributed by atoms with van der Waals surface area (Å²) in [5.41, 5.74) is 0.874. The van der Waals surface area contributed by atoms with Crippen molar-refractivity contribution >= 4 is 17.5 Å². The van der Waals surface area contributed by atoms with E-state index in [1.807, 2.05) is 30.3 Å². The molecule has 0 aliphatic heterocycles. The molecule has 0 fully saturated rings. The summed E-state index contributed by atoms with van der Waals surface area (Å²) in [6.07, 6.45) is 0. The smallest absolute Gasteiger partial charge is 0.274 e. The second-order valence-electron chi connectivity index (χ2n) is 6.42. The molecule has 1 heterocycles. The largest absolute Gasteiger partial charge is 0.331 e. The first kappa shape index (κ1) is 19.9. The molecule has 1 aromatic heterocycles. The van der Waals surface area contributed by atoms with Crippen molar-refractivity contribution in [3.8, 4) is 0 Å². The molecule has 0 atom stereocenters. The molecule has 0 aliphatic carbocycles. The average Bonchev–Trinajstić information content (AvgIpc) is 2.70. The van der Waals surface area contributed by atoms with Crippen molar-refractivity contribution in [3.05, 3.63) is 94.2 Å². The molecule has 7 nitrogen and oxygen atoms in total. The molecule has 0 saturated carbocycles. The summed E-state index contributed by atoms with van der Waals surface area (Å²) in [4.78, 5) is 38.0. The van der Waals surface area contributed by atoms with E-state index in [4.69, 9.17) is 0 Å². The SMILES string of the molecule is CN(CC(=O)Nc1cccc(F)c1)C(=O)c1ccc(=O)n(Cc2ccccc2)n1. The lowest BCUT2D eigenvalue weighted by Gasteiger charge is -2.17. The number of aromatic nitrogens is 2. The van der Waals surface area contributed by atoms with E-state index in [9.17, 15) is 18.8 Å². The fraction of sp³-hybridized carbons (Fsp3) is 0.143. The fourth-order valence-corrected chi connectivity index (χ4v) is 2.68. The van der Waals surface area contributed by atoms with E-state index < -0.39 is 17.6 Å². The molecule has 3 rings (SSSR count). The summed E-state index contributed by atoms with van der Waals surface area (Å²) >= 11 is 0. The molecule has 0 saturated heterocycles. The second kappa shape index (κ2) is 8.92. The molecule has 2 amide bonds. The number of carbonyl (C=O) groups excluding carboxylic acids is 2. The maximum absolute atomic E-state index is 13.2. The van der Waals surface area contributed by atoms with Gasteiger partial charge in [0.25, 0.3) is 11.5 Å². The summed E-state index contributed by atoms with van der Waals surface area (Å²) in [6.45, 7) is -0.0284. The molecule has 29 heavy (non-hydrogen) atoms. The van der Waals surface area contributed by atoms with Gasteiger partial charge in [-0.15, -0.1) is 0 Å². The minimum Gasteiger partial charge on any atom is -0.331 e. The Labute approximate surface area is 166 Å². The summed E-state index contributed by atoms with van der Waals surface area (Å²) in [7, 11) is 1.45. The summed E-state index contributed by atoms with van der Waals surface area (Å²) in [5, 5.41) is 6.65. The second-order valence-corrected chi connectivity index (χ2v) is 6.42. The topological polar surface area (TPSA) is 84.3 Å². The minimum atomic E-state index is -0.513. The predicted octanol–water partition coefficient (Wildman–Crippen LogP) is 2.14. The van der Waals surface area contributed by atoms with Gasteiger partial charge in [-0.2, -0.15) is 5.10 Å². The summed E-state index contributed by atoms with van der Waals surface area (Å²) in [5.74, 6) is -1.47. The highest BCUT2D eigenvalue weighted by atomic mass is 19.1. The van der Waals surface area contributed by atoms with Crippen LogP contribution in [0.25, 0.3) is 0 Å². The van der Waals surface area contributed by atoms with Crippen LogP contribution in [0.2, 0.25) is 0 Å². The first-order valence-corrected chi connectivity index (χ1v) is 8.85. The van der Waals surface area contributed by atoms with Crippen molar-refractivity contribution in [2.45, 2.75) is 6.54 Å². The van der Waals surface area contributed by atoms with Crippen molar-refractivity contribution < 1.29 is 14.0 Å². The van der Waals surface area contributed by atoms with Crippen molar-refractivity contribution in [1.82, 2.24) is 14.7 Å². The van der Waals surface area contributed by atoms with E-state index >= 15 is 0 Å². The van der Waals surface area contributed by atoms with Gasteiger partial charge in [0.1, 0.15) is 11.5 Å². The third-order valence-electron chi connectivity index (χ3n) is 4.10. The number of hydrogen-bond acceptors (Lipinski definition) is 4. The van der Waals surface area contributed by atoms with Gasteiger partial charge < -0.3 is 10.2 Å². The Hall–Kier alpha value is -3.81. The molecule has 8 heteroatoms. The number of anilines is 1. The maximum atomic E-state index is 13.2. The van der Waals surface area contributed by atoms with Crippen molar-refractivity contribution in [2.24, 2.45) is 0 Å². The number of nitrogens with one attached hydrogen (secondary N) is 1. The van der Waals surface area contributed by atoms with Crippen LogP contribution in [-0.2, 0) is 11.3 Å². The van der Waals surface area contributed by atoms with Gasteiger partial charge in [-0.3, -0.25) is 14.4 Å². The highest BCUT2D eigenvalue weighted by Gasteiger charge is 2.17. The third kappa shape index (κ3) is 5.35. The molecule has 0 spiro atoms. The van der Waals surface area contributed by atoms with Gasteiger partial charge in [-0.1, -0.05) is 36.4 Å². The van der Waals surface area contributed by atoms with Crippen LogP contribution in [0.5, 0.6) is 0 Å². The van der Waals surface area contributed by atoms with E-state index in [-0.39, 0.29) is 24.3 Å². The molecule has 1 N–H and O–H groups in total. The van der Waals surface area contributed by atoms with Crippen LogP contribution < -0.4 is 10.9 Å². The van der Waals surface area contributed by atoms with Crippen LogP contribution in [-0.4, -0.2) is 40.1 Å². The summed E-state index contributed by atoms with van der Waals surface area (Å²) in [6, 6.07) is 17.3. The third-order valence-corrected chi connectivity index (χ3v) is 4.10. The average molecular weight is 394 g/mol. The molecular formula is C21H19FN4O3. The van der Waals surface area contributed by atoms with Crippen molar-refractivity contribution in [2.75, 3.05) is 18.9 Å². The zero-order chi connectivity index (χ0) is 20.8. The van der Waals surface area contributed by atoms with E-state index in [0.29, 0.717) is 5.69 Å². The van der Waals surface area contributed by atoms with Crippen molar-refractivity contribution in [3.63, 3.8) is 0 Å². The van der Waals surface area contributed by atoms with E-state index in [1.165, 1.54) is 47.0 Å². The Bertz CT molecular complexity index is 1080. The Morgan fingerprint density at radius 2 is 1.83 bits per heavy atom. The van der Waals surface area contributed by atoms with E-state index in [1.54, 1.807) is 6.07 Å². The lowest BCUT2D eigenvalue weighted by Crippen LogP contribution is -2.36. The van der Waals surface area contributed by atoms with Gasteiger partial charge in [-0.05, 0) is 29.8 Å². The molecule has 2 aromatic carbocycles. The van der Waals surface area contributed by atoms with Crippen LogP contribution >= 0.6 is 0 Å². The summed E-state index contributed by atoms with van der Waals surface area (Å²) < 4.78 is 14.4. The van der Waals surface area contributed by atoms with Crippen LogP contribution in [0.3, 0.4) is 0 Å². The molecule has 0 radical (unpaired) electrons. The first-order valence-electron chi connectivity index (χ1n) is 8.85. The van der Waals surface area contributed by atoms with Gasteiger partial charge in [0.15, 0.2) is 0 Å². The number of likely N-dealkylation sites (N-methyl/N-ethyl adjacent to an activating group) is 1. The Balaban J connectivity index is 1.68. The fourth-order valence-electron chi connectivity index (χ4n) is 2.68. The van der Waals surface area contributed by atoms with Gasteiger partial charge in [0.2, 0.25) is 5.91 Å². The highest BCUT2D eigenvalue weighted by Crippen LogP contribution is 2.09. The predicted molar refractivity (Wildman–Crippen MR) is 106 cm³/mol. The van der Waals surface area contributed by atoms with Crippen LogP contribution in [0.15, 0.2) is 71.5 Å². The Morgan fingerprint density at radius 1 is 1.07 bits per heavy atom. The van der Waals surface area contributed by atoms with Crippen LogP contribution in [0.4, 0.5) is 10.1 Å². The van der Waals surface area contributed by atoms with Gasteiger partial charge in [0.05, 0.1) is 13.1 Å². The zero-order valence-electron chi connectivity index (χ0n) is 15.7. The molecule has 0 bridgehead atoms. The van der Waals surface area contributed by atoms with E-state index in [2.05, 4.69) is 10.4 Å². The van der Waals surface area contributed by atoms with E-state index in [0.717, 1.165) is 5.56 Å². The van der Waals surface area contributed by atoms with Gasteiger partial charge in [0, 0.05) is 18.8 Å². The van der Waals surface area contributed by atoms with Gasteiger partial charge >= 0.3 is 0 Å². The Kier molecular flexibility index (Phi) is 6.13. The maximum Gasteiger partial charge on any atom is 0.274 e.